The molecule has 1 aliphatic carbocycles. The Balaban J connectivity index is 1.74. The Labute approximate surface area is 142 Å². The van der Waals surface area contributed by atoms with Gasteiger partial charge in [0.05, 0.1) is 18.6 Å². The summed E-state index contributed by atoms with van der Waals surface area (Å²) < 4.78 is 28.8. The number of hydrogen-bond donors (Lipinski definition) is 1. The highest BCUT2D eigenvalue weighted by Gasteiger charge is 2.34. The lowest BCUT2D eigenvalue weighted by Gasteiger charge is -2.31. The van der Waals surface area contributed by atoms with Crippen molar-refractivity contribution in [3.05, 3.63) is 29.8 Å². The Hall–Kier alpha value is -1.34. The number of nitrogens with one attached hydrogen (secondary N) is 1. The summed E-state index contributed by atoms with van der Waals surface area (Å²) in [6.45, 7) is 0.614. The predicted molar refractivity (Wildman–Crippen MR) is 94.4 cm³/mol. The standard InChI is InChI=1S/C16H22N2O3S2/c1-21-15-6-2-12(3-7-15)10-18(16(22)17-13-4-5-13)14-8-9-23(19,20)11-14/h2-3,6-7,13-14H,4-5,8-11H2,1H3,(H,17,22)/t14-/m0/s1. The van der Waals surface area contributed by atoms with Crippen LogP contribution in [0.15, 0.2) is 24.3 Å². The highest BCUT2D eigenvalue weighted by molar-refractivity contribution is 7.91. The highest BCUT2D eigenvalue weighted by atomic mass is 32.2. The lowest BCUT2D eigenvalue weighted by atomic mass is 10.1. The number of ether oxygens (including phenoxy) is 1. The first-order valence-corrected chi connectivity index (χ1v) is 10.1. The van der Waals surface area contributed by atoms with E-state index in [0.29, 0.717) is 24.1 Å². The molecule has 1 aliphatic heterocycles. The molecule has 2 fully saturated rings. The Morgan fingerprint density at radius 1 is 1.30 bits per heavy atom. The molecule has 7 heteroatoms. The fourth-order valence-corrected chi connectivity index (χ4v) is 4.91. The molecule has 0 aromatic heterocycles. The summed E-state index contributed by atoms with van der Waals surface area (Å²) in [4.78, 5) is 2.04. The van der Waals surface area contributed by atoms with Crippen molar-refractivity contribution in [2.45, 2.75) is 37.9 Å². The van der Waals surface area contributed by atoms with Gasteiger partial charge in [-0.1, -0.05) is 12.1 Å². The average molecular weight is 354 g/mol. The molecule has 0 spiro atoms. The number of thiocarbonyl (C=S) groups is 1. The fraction of sp³-hybridized carbons (Fsp3) is 0.562. The average Bonchev–Trinajstić information content (AvgIpc) is 3.26. The van der Waals surface area contributed by atoms with E-state index in [1.165, 1.54) is 0 Å². The van der Waals surface area contributed by atoms with E-state index >= 15 is 0 Å². The summed E-state index contributed by atoms with van der Waals surface area (Å²) >= 11 is 5.55. The molecule has 1 N–H and O–H groups in total. The maximum atomic E-state index is 11.8. The maximum Gasteiger partial charge on any atom is 0.169 e. The quantitative estimate of drug-likeness (QED) is 0.813. The third-order valence-corrected chi connectivity index (χ3v) is 6.43. The molecule has 2 aliphatic rings. The molecule has 1 saturated carbocycles. The van der Waals surface area contributed by atoms with Crippen LogP contribution in [0, 0.1) is 0 Å². The third-order valence-electron chi connectivity index (χ3n) is 4.33. The van der Waals surface area contributed by atoms with Gasteiger partial charge in [-0.25, -0.2) is 8.42 Å². The van der Waals surface area contributed by atoms with Crippen molar-refractivity contribution < 1.29 is 13.2 Å². The summed E-state index contributed by atoms with van der Waals surface area (Å²) in [6, 6.07) is 8.23. The number of benzene rings is 1. The smallest absolute Gasteiger partial charge is 0.169 e. The van der Waals surface area contributed by atoms with Gasteiger partial charge in [0, 0.05) is 18.6 Å². The van der Waals surface area contributed by atoms with Gasteiger partial charge in [-0.15, -0.1) is 0 Å². The lowest BCUT2D eigenvalue weighted by molar-refractivity contribution is 0.322. The minimum Gasteiger partial charge on any atom is -0.497 e. The second-order valence-corrected chi connectivity index (χ2v) is 8.87. The van der Waals surface area contributed by atoms with Gasteiger partial charge in [0.2, 0.25) is 0 Å². The summed E-state index contributed by atoms with van der Waals surface area (Å²) in [5.74, 6) is 1.25. The number of hydrogen-bond acceptors (Lipinski definition) is 4. The predicted octanol–water partition coefficient (Wildman–Crippen LogP) is 1.72. The Morgan fingerprint density at radius 3 is 2.52 bits per heavy atom. The SMILES string of the molecule is COc1ccc(CN(C(=S)NC2CC2)[C@H]2CCS(=O)(=O)C2)cc1. The molecule has 1 heterocycles. The van der Waals surface area contributed by atoms with Gasteiger partial charge in [0.15, 0.2) is 14.9 Å². The van der Waals surface area contributed by atoms with E-state index in [2.05, 4.69) is 5.32 Å². The van der Waals surface area contributed by atoms with Gasteiger partial charge in [-0.2, -0.15) is 0 Å². The molecule has 1 saturated heterocycles. The van der Waals surface area contributed by atoms with Crippen LogP contribution in [0.3, 0.4) is 0 Å². The van der Waals surface area contributed by atoms with Crippen molar-refractivity contribution in [1.82, 2.24) is 10.2 Å². The number of rotatable bonds is 5. The van der Waals surface area contributed by atoms with E-state index in [9.17, 15) is 8.42 Å². The van der Waals surface area contributed by atoms with E-state index in [1.54, 1.807) is 7.11 Å². The summed E-state index contributed by atoms with van der Waals surface area (Å²) in [5.41, 5.74) is 1.09. The molecule has 126 valence electrons. The summed E-state index contributed by atoms with van der Waals surface area (Å²) in [5, 5.41) is 4.01. The van der Waals surface area contributed by atoms with Crippen LogP contribution in [0.2, 0.25) is 0 Å². The van der Waals surface area contributed by atoms with Crippen LogP contribution in [0.1, 0.15) is 24.8 Å². The molecule has 0 bridgehead atoms. The van der Waals surface area contributed by atoms with Gasteiger partial charge in [-0.05, 0) is 49.2 Å². The van der Waals surface area contributed by atoms with Crippen molar-refractivity contribution in [2.75, 3.05) is 18.6 Å². The molecule has 5 nitrogen and oxygen atoms in total. The van der Waals surface area contributed by atoms with Crippen molar-refractivity contribution >= 4 is 27.2 Å². The highest BCUT2D eigenvalue weighted by Crippen LogP contribution is 2.24. The Kier molecular flexibility index (Phi) is 4.77. The van der Waals surface area contributed by atoms with E-state index in [4.69, 9.17) is 17.0 Å². The molecule has 0 unspecified atom stereocenters. The first-order chi connectivity index (χ1) is 11.0. The second kappa shape index (κ2) is 6.65. The van der Waals surface area contributed by atoms with Gasteiger partial charge < -0.3 is 15.0 Å². The van der Waals surface area contributed by atoms with Crippen LogP contribution >= 0.6 is 12.2 Å². The molecule has 1 aromatic rings. The zero-order chi connectivity index (χ0) is 16.4. The van der Waals surface area contributed by atoms with Crippen molar-refractivity contribution in [3.8, 4) is 5.75 Å². The minimum absolute atomic E-state index is 0.0409. The second-order valence-electron chi connectivity index (χ2n) is 6.26. The monoisotopic (exact) mass is 354 g/mol. The lowest BCUT2D eigenvalue weighted by Crippen LogP contribution is -2.46. The number of sulfone groups is 1. The topological polar surface area (TPSA) is 58.6 Å². The van der Waals surface area contributed by atoms with E-state index in [1.807, 2.05) is 29.2 Å². The molecule has 0 amide bonds. The molecular weight excluding hydrogens is 332 g/mol. The van der Waals surface area contributed by atoms with Crippen LogP contribution in [-0.4, -0.2) is 49.1 Å². The molecule has 0 radical (unpaired) electrons. The largest absolute Gasteiger partial charge is 0.497 e. The fourth-order valence-electron chi connectivity index (χ4n) is 2.80. The van der Waals surface area contributed by atoms with Crippen molar-refractivity contribution in [1.29, 1.82) is 0 Å². The Morgan fingerprint density at radius 2 is 2.00 bits per heavy atom. The zero-order valence-corrected chi connectivity index (χ0v) is 14.8. The minimum atomic E-state index is -2.94. The maximum absolute atomic E-state index is 11.8. The van der Waals surface area contributed by atoms with Crippen LogP contribution in [-0.2, 0) is 16.4 Å². The van der Waals surface area contributed by atoms with E-state index < -0.39 is 9.84 Å². The first-order valence-electron chi connectivity index (χ1n) is 7.87. The normalized spacial score (nSPS) is 22.6. The molecule has 1 aromatic carbocycles. The van der Waals surface area contributed by atoms with Gasteiger partial charge >= 0.3 is 0 Å². The Bertz CT molecular complexity index is 669. The van der Waals surface area contributed by atoms with Crippen LogP contribution in [0.5, 0.6) is 5.75 Å². The van der Waals surface area contributed by atoms with Crippen molar-refractivity contribution in [3.63, 3.8) is 0 Å². The van der Waals surface area contributed by atoms with Crippen molar-refractivity contribution in [2.24, 2.45) is 0 Å². The summed E-state index contributed by atoms with van der Waals surface area (Å²) in [7, 11) is -1.30. The molecule has 23 heavy (non-hydrogen) atoms. The molecular formula is C16H22N2O3S2. The van der Waals surface area contributed by atoms with E-state index in [0.717, 1.165) is 24.2 Å². The summed E-state index contributed by atoms with van der Waals surface area (Å²) in [6.07, 6.45) is 2.92. The van der Waals surface area contributed by atoms with Crippen LogP contribution in [0.25, 0.3) is 0 Å². The molecule has 3 rings (SSSR count). The third kappa shape index (κ3) is 4.35. The molecule has 1 atom stereocenters. The zero-order valence-electron chi connectivity index (χ0n) is 13.2. The number of nitrogens with zero attached hydrogens (tertiary/aromatic N) is 1. The van der Waals surface area contributed by atoms with Crippen LogP contribution in [0.4, 0.5) is 0 Å². The van der Waals surface area contributed by atoms with Gasteiger partial charge in [0.25, 0.3) is 0 Å². The van der Waals surface area contributed by atoms with E-state index in [-0.39, 0.29) is 17.5 Å². The first kappa shape index (κ1) is 16.5. The van der Waals surface area contributed by atoms with Gasteiger partial charge in [-0.3, -0.25) is 0 Å². The number of methoxy groups -OCH3 is 1. The van der Waals surface area contributed by atoms with Gasteiger partial charge in [0.1, 0.15) is 5.75 Å². The van der Waals surface area contributed by atoms with Crippen LogP contribution < -0.4 is 10.1 Å².